The summed E-state index contributed by atoms with van der Waals surface area (Å²) >= 11 is 0. The average molecular weight is 290 g/mol. The van der Waals surface area contributed by atoms with E-state index in [1.54, 1.807) is 6.20 Å². The molecule has 1 unspecified atom stereocenters. The van der Waals surface area contributed by atoms with Crippen LogP contribution >= 0.6 is 0 Å². The Morgan fingerprint density at radius 1 is 1.33 bits per heavy atom. The highest BCUT2D eigenvalue weighted by Crippen LogP contribution is 2.07. The van der Waals surface area contributed by atoms with Crippen LogP contribution < -0.4 is 5.32 Å². The number of amides is 1. The minimum Gasteiger partial charge on any atom is -0.353 e. The summed E-state index contributed by atoms with van der Waals surface area (Å²) in [5.74, 6) is 0.144. The molecule has 5 heteroatoms. The number of carbonyl (C=O) groups excluding carboxylic acids is 1. The summed E-state index contributed by atoms with van der Waals surface area (Å²) in [6.07, 6.45) is 4.70. The second-order valence-corrected chi connectivity index (χ2v) is 5.79. The minimum atomic E-state index is 0.144. The SMILES string of the molecule is CCC(C)NC(=O)CN1CCN(Cc2cccnc2)CC1. The number of aromatic nitrogens is 1. The predicted molar refractivity (Wildman–Crippen MR) is 83.8 cm³/mol. The molecule has 0 spiro atoms. The van der Waals surface area contributed by atoms with Crippen molar-refractivity contribution in [3.8, 4) is 0 Å². The normalized spacial score (nSPS) is 18.4. The second kappa shape index (κ2) is 8.10. The van der Waals surface area contributed by atoms with E-state index in [1.165, 1.54) is 5.56 Å². The first-order valence-electron chi connectivity index (χ1n) is 7.80. The zero-order valence-electron chi connectivity index (χ0n) is 13.1. The van der Waals surface area contributed by atoms with E-state index in [1.807, 2.05) is 19.2 Å². The minimum absolute atomic E-state index is 0.144. The lowest BCUT2D eigenvalue weighted by Crippen LogP contribution is -2.49. The van der Waals surface area contributed by atoms with Gasteiger partial charge in [0.25, 0.3) is 0 Å². The Kier molecular flexibility index (Phi) is 6.14. The summed E-state index contributed by atoms with van der Waals surface area (Å²) in [4.78, 5) is 20.7. The molecule has 2 rings (SSSR count). The average Bonchev–Trinajstić information content (AvgIpc) is 2.50. The molecule has 1 aliphatic rings. The Morgan fingerprint density at radius 3 is 2.67 bits per heavy atom. The van der Waals surface area contributed by atoms with E-state index >= 15 is 0 Å². The molecule has 2 heterocycles. The van der Waals surface area contributed by atoms with Crippen molar-refractivity contribution in [2.45, 2.75) is 32.9 Å². The summed E-state index contributed by atoms with van der Waals surface area (Å²) in [5, 5.41) is 3.03. The van der Waals surface area contributed by atoms with Gasteiger partial charge in [-0.25, -0.2) is 0 Å². The summed E-state index contributed by atoms with van der Waals surface area (Å²) in [6.45, 7) is 9.51. The molecule has 21 heavy (non-hydrogen) atoms. The van der Waals surface area contributed by atoms with Crippen molar-refractivity contribution < 1.29 is 4.79 Å². The van der Waals surface area contributed by atoms with Gasteiger partial charge in [-0.15, -0.1) is 0 Å². The third-order valence-electron chi connectivity index (χ3n) is 3.98. The summed E-state index contributed by atoms with van der Waals surface area (Å²) < 4.78 is 0. The van der Waals surface area contributed by atoms with Gasteiger partial charge < -0.3 is 5.32 Å². The fraction of sp³-hybridized carbons (Fsp3) is 0.625. The number of piperazine rings is 1. The van der Waals surface area contributed by atoms with Gasteiger partial charge in [0.2, 0.25) is 5.91 Å². The van der Waals surface area contributed by atoms with Crippen molar-refractivity contribution >= 4 is 5.91 Å². The molecule has 1 amide bonds. The van der Waals surface area contributed by atoms with Crippen molar-refractivity contribution in [1.29, 1.82) is 0 Å². The number of hydrogen-bond acceptors (Lipinski definition) is 4. The van der Waals surface area contributed by atoms with Gasteiger partial charge in [-0.05, 0) is 25.0 Å². The topological polar surface area (TPSA) is 48.5 Å². The van der Waals surface area contributed by atoms with E-state index in [0.29, 0.717) is 6.54 Å². The zero-order chi connectivity index (χ0) is 15.1. The number of hydrogen-bond donors (Lipinski definition) is 1. The molecule has 1 saturated heterocycles. The summed E-state index contributed by atoms with van der Waals surface area (Å²) in [5.41, 5.74) is 1.25. The maximum Gasteiger partial charge on any atom is 0.234 e. The molecular weight excluding hydrogens is 264 g/mol. The molecule has 1 atom stereocenters. The van der Waals surface area contributed by atoms with Gasteiger partial charge in [-0.1, -0.05) is 13.0 Å². The van der Waals surface area contributed by atoms with Crippen LogP contribution in [0.25, 0.3) is 0 Å². The van der Waals surface area contributed by atoms with Crippen LogP contribution in [0.5, 0.6) is 0 Å². The molecule has 1 aliphatic heterocycles. The number of nitrogens with one attached hydrogen (secondary N) is 1. The number of rotatable bonds is 6. The van der Waals surface area contributed by atoms with E-state index in [4.69, 9.17) is 0 Å². The van der Waals surface area contributed by atoms with Crippen molar-refractivity contribution in [3.63, 3.8) is 0 Å². The van der Waals surface area contributed by atoms with Crippen molar-refractivity contribution in [1.82, 2.24) is 20.1 Å². The van der Waals surface area contributed by atoms with Crippen LogP contribution in [-0.4, -0.2) is 59.5 Å². The quantitative estimate of drug-likeness (QED) is 0.853. The lowest BCUT2D eigenvalue weighted by molar-refractivity contribution is -0.123. The van der Waals surface area contributed by atoms with Crippen LogP contribution in [0.15, 0.2) is 24.5 Å². The number of pyridine rings is 1. The lowest BCUT2D eigenvalue weighted by Gasteiger charge is -2.34. The van der Waals surface area contributed by atoms with E-state index in [2.05, 4.69) is 33.1 Å². The molecule has 116 valence electrons. The van der Waals surface area contributed by atoms with Crippen LogP contribution in [0, 0.1) is 0 Å². The monoisotopic (exact) mass is 290 g/mol. The van der Waals surface area contributed by atoms with Gasteiger partial charge in [0.05, 0.1) is 6.54 Å². The molecular formula is C16H26N4O. The second-order valence-electron chi connectivity index (χ2n) is 5.79. The number of nitrogens with zero attached hydrogens (tertiary/aromatic N) is 3. The molecule has 1 fully saturated rings. The van der Waals surface area contributed by atoms with Gasteiger partial charge in [0.1, 0.15) is 0 Å². The third-order valence-corrected chi connectivity index (χ3v) is 3.98. The molecule has 0 aromatic carbocycles. The summed E-state index contributed by atoms with van der Waals surface area (Å²) in [7, 11) is 0. The van der Waals surface area contributed by atoms with E-state index in [-0.39, 0.29) is 11.9 Å². The molecule has 0 aliphatic carbocycles. The predicted octanol–water partition coefficient (Wildman–Crippen LogP) is 1.11. The fourth-order valence-corrected chi connectivity index (χ4v) is 2.48. The fourth-order valence-electron chi connectivity index (χ4n) is 2.48. The molecule has 1 N–H and O–H groups in total. The molecule has 0 saturated carbocycles. The van der Waals surface area contributed by atoms with Crippen molar-refractivity contribution in [3.05, 3.63) is 30.1 Å². The molecule has 1 aromatic heterocycles. The largest absolute Gasteiger partial charge is 0.353 e. The Morgan fingerprint density at radius 2 is 2.05 bits per heavy atom. The van der Waals surface area contributed by atoms with Crippen LogP contribution in [0.3, 0.4) is 0 Å². The van der Waals surface area contributed by atoms with Crippen LogP contribution in [0.1, 0.15) is 25.8 Å². The van der Waals surface area contributed by atoms with Crippen LogP contribution in [0.4, 0.5) is 0 Å². The highest BCUT2D eigenvalue weighted by molar-refractivity contribution is 5.78. The van der Waals surface area contributed by atoms with Gasteiger partial charge in [0, 0.05) is 51.2 Å². The highest BCUT2D eigenvalue weighted by atomic mass is 16.2. The Balaban J connectivity index is 1.69. The van der Waals surface area contributed by atoms with Gasteiger partial charge in [-0.3, -0.25) is 19.6 Å². The standard InChI is InChI=1S/C16H26N4O/c1-3-14(2)18-16(21)13-20-9-7-19(8-10-20)12-15-5-4-6-17-11-15/h4-6,11,14H,3,7-10,12-13H2,1-2H3,(H,18,21). The highest BCUT2D eigenvalue weighted by Gasteiger charge is 2.19. The first-order valence-corrected chi connectivity index (χ1v) is 7.80. The smallest absolute Gasteiger partial charge is 0.234 e. The molecule has 1 aromatic rings. The van der Waals surface area contributed by atoms with Crippen LogP contribution in [0.2, 0.25) is 0 Å². The van der Waals surface area contributed by atoms with E-state index < -0.39 is 0 Å². The third kappa shape index (κ3) is 5.44. The molecule has 0 radical (unpaired) electrons. The summed E-state index contributed by atoms with van der Waals surface area (Å²) in [6, 6.07) is 4.36. The first kappa shape index (κ1) is 15.9. The van der Waals surface area contributed by atoms with E-state index in [9.17, 15) is 4.79 Å². The van der Waals surface area contributed by atoms with Crippen LogP contribution in [-0.2, 0) is 11.3 Å². The lowest BCUT2D eigenvalue weighted by atomic mass is 10.2. The Hall–Kier alpha value is -1.46. The Bertz CT molecular complexity index is 429. The van der Waals surface area contributed by atoms with Crippen molar-refractivity contribution in [2.24, 2.45) is 0 Å². The maximum absolute atomic E-state index is 11.9. The molecule has 0 bridgehead atoms. The van der Waals surface area contributed by atoms with Gasteiger partial charge in [0.15, 0.2) is 0 Å². The molecule has 5 nitrogen and oxygen atoms in total. The zero-order valence-corrected chi connectivity index (χ0v) is 13.1. The van der Waals surface area contributed by atoms with Gasteiger partial charge >= 0.3 is 0 Å². The van der Waals surface area contributed by atoms with Gasteiger partial charge in [-0.2, -0.15) is 0 Å². The maximum atomic E-state index is 11.9. The Labute approximate surface area is 127 Å². The first-order chi connectivity index (χ1) is 10.2. The number of carbonyl (C=O) groups is 1. The van der Waals surface area contributed by atoms with Crippen molar-refractivity contribution in [2.75, 3.05) is 32.7 Å². The van der Waals surface area contributed by atoms with E-state index in [0.717, 1.165) is 39.1 Å².